The first-order chi connectivity index (χ1) is 34.4. The summed E-state index contributed by atoms with van der Waals surface area (Å²) < 4.78 is 67.9. The van der Waals surface area contributed by atoms with E-state index in [1.807, 2.05) is 0 Å². The molecule has 21 N–H and O–H groups in total. The summed E-state index contributed by atoms with van der Waals surface area (Å²) in [6, 6.07) is 0. The molecule has 33 nitrogen and oxygen atoms in total. The van der Waals surface area contributed by atoms with Gasteiger partial charge < -0.3 is 164 Å². The van der Waals surface area contributed by atoms with Crippen LogP contribution in [0.2, 0.25) is 0 Å². The molecule has 0 aromatic carbocycles. The van der Waals surface area contributed by atoms with Gasteiger partial charge in [0.1, 0.15) is 153 Å². The zero-order valence-corrected chi connectivity index (χ0v) is 38.7. The lowest BCUT2D eigenvalue weighted by atomic mass is 9.96. The molecular formula is C40H70O33. The van der Waals surface area contributed by atoms with Crippen molar-refractivity contribution in [3.8, 4) is 0 Å². The van der Waals surface area contributed by atoms with Gasteiger partial charge in [-0.2, -0.15) is 0 Å². The second-order valence-corrected chi connectivity index (χ2v) is 18.5. The van der Waals surface area contributed by atoms with Gasteiger partial charge in [-0.25, -0.2) is 0 Å². The topological polar surface area (TPSA) is 536 Å². The number of hydrogen-bond donors (Lipinski definition) is 21. The molecule has 0 aliphatic carbocycles. The normalized spacial score (nSPS) is 49.7. The van der Waals surface area contributed by atoms with E-state index in [4.69, 9.17) is 56.8 Å². The molecule has 0 spiro atoms. The molecule has 6 saturated heterocycles. The van der Waals surface area contributed by atoms with Crippen LogP contribution in [0.3, 0.4) is 0 Å². The zero-order chi connectivity index (χ0) is 53.9. The summed E-state index contributed by atoms with van der Waals surface area (Å²) in [6.07, 6.45) is -61.5. The van der Waals surface area contributed by atoms with E-state index in [0.717, 1.165) is 0 Å². The van der Waals surface area contributed by atoms with E-state index in [1.54, 1.807) is 0 Å². The maximum Gasteiger partial charge on any atom is 0.187 e. The molecule has 0 unspecified atom stereocenters. The highest BCUT2D eigenvalue weighted by molar-refractivity contribution is 4.98. The zero-order valence-electron chi connectivity index (χ0n) is 38.7. The molecule has 0 aromatic rings. The highest BCUT2D eigenvalue weighted by Gasteiger charge is 2.56. The standard InChI is InChI=1S/C40H70O33/c1-9-17(48)23(54)28(59)36(66-9)72-34-25(56)21(52)14(4-43)67-40(34)73-33-20(51)13(47)6-63-39(33)65-8-16-32(26(57)30(61)38(69-16)70-31(11(45)3-42)19(50)10(44)2-41)71-37-29(60)24(55)22(53)15(68-37)7-64-35-27(58)18(49)12(46)5-62-35/h9-61H,2-8H2,1H3/t9-,10-,11+,12+,13+,14+,15+,16+,17+,18-,19+,20-,21-,22+,23+,24-,25-,26+,27+,28-,29+,30+,31+,32+,33+,34+,35+,36-,37-,38-,39+,40-/m0/s1. The highest BCUT2D eigenvalue weighted by Crippen LogP contribution is 2.35. The van der Waals surface area contributed by atoms with Crippen LogP contribution in [0, 0.1) is 0 Å². The average Bonchev–Trinajstić information content (AvgIpc) is 3.37. The van der Waals surface area contributed by atoms with Gasteiger partial charge >= 0.3 is 0 Å². The first-order valence-electron chi connectivity index (χ1n) is 23.2. The minimum atomic E-state index is -2.31. The Balaban J connectivity index is 1.26. The van der Waals surface area contributed by atoms with Crippen molar-refractivity contribution in [1.29, 1.82) is 0 Å². The first-order valence-corrected chi connectivity index (χ1v) is 23.2. The summed E-state index contributed by atoms with van der Waals surface area (Å²) in [5.41, 5.74) is 0. The van der Waals surface area contributed by atoms with Crippen LogP contribution < -0.4 is 0 Å². The second-order valence-electron chi connectivity index (χ2n) is 18.5. The molecule has 428 valence electrons. The second kappa shape index (κ2) is 26.6. The van der Waals surface area contributed by atoms with Crippen molar-refractivity contribution in [2.24, 2.45) is 0 Å². The predicted molar refractivity (Wildman–Crippen MR) is 221 cm³/mol. The molecule has 33 heteroatoms. The summed E-state index contributed by atoms with van der Waals surface area (Å²) in [7, 11) is 0. The van der Waals surface area contributed by atoms with Crippen molar-refractivity contribution in [3.05, 3.63) is 0 Å². The van der Waals surface area contributed by atoms with Crippen molar-refractivity contribution in [3.63, 3.8) is 0 Å². The van der Waals surface area contributed by atoms with Crippen LogP contribution >= 0.6 is 0 Å². The van der Waals surface area contributed by atoms with Gasteiger partial charge in [0.2, 0.25) is 0 Å². The van der Waals surface area contributed by atoms with Crippen LogP contribution in [-0.4, -0.2) is 350 Å². The van der Waals surface area contributed by atoms with Gasteiger partial charge in [-0.1, -0.05) is 0 Å². The molecule has 0 aromatic heterocycles. The van der Waals surface area contributed by atoms with E-state index in [9.17, 15) is 107 Å². The third-order valence-corrected chi connectivity index (χ3v) is 13.3. The van der Waals surface area contributed by atoms with Gasteiger partial charge in [0, 0.05) is 0 Å². The third kappa shape index (κ3) is 13.6. The lowest BCUT2D eigenvalue weighted by Crippen LogP contribution is -2.66. The summed E-state index contributed by atoms with van der Waals surface area (Å²) in [6.45, 7) is -4.84. The van der Waals surface area contributed by atoms with Crippen molar-refractivity contribution < 1.29 is 164 Å². The monoisotopic (exact) mass is 1080 g/mol. The maximum atomic E-state index is 11.6. The Morgan fingerprint density at radius 1 is 0.411 bits per heavy atom. The Hall–Kier alpha value is -1.32. The lowest BCUT2D eigenvalue weighted by molar-refractivity contribution is -0.392. The van der Waals surface area contributed by atoms with E-state index in [2.05, 4.69) is 0 Å². The van der Waals surface area contributed by atoms with Gasteiger partial charge in [-0.15, -0.1) is 0 Å². The SMILES string of the molecule is C[C@@H]1O[C@@H](O[C@H]2[C@H](O[C@H]3[C@@H](OC[C@H]4O[C@@H](O[C@@H]([C@H](O)[C@@H](O)CO)[C@H](O)CO)[C@H](O)[C@@H](O)[C@@H]4O[C@@H]4O[C@H](CO[C@H]5OC[C@@H](O)[C@H](O)[C@H]5O)[C@@H](O)[C@H](O)[C@H]4O)OC[C@@H](O)[C@@H]3O)O[C@H](CO)[C@H](O)[C@@H]2O)[C@@H](O)[C@H](O)[C@@H]1O. The smallest absolute Gasteiger partial charge is 0.187 e. The molecule has 73 heavy (non-hydrogen) atoms. The van der Waals surface area contributed by atoms with E-state index >= 15 is 0 Å². The van der Waals surface area contributed by atoms with Crippen LogP contribution in [0.1, 0.15) is 6.92 Å². The van der Waals surface area contributed by atoms with E-state index < -0.39 is 243 Å². The summed E-state index contributed by atoms with van der Waals surface area (Å²) in [4.78, 5) is 0. The maximum absolute atomic E-state index is 11.6. The lowest BCUT2D eigenvalue weighted by Gasteiger charge is -2.48. The number of rotatable bonds is 20. The summed E-state index contributed by atoms with van der Waals surface area (Å²) >= 11 is 0. The van der Waals surface area contributed by atoms with E-state index in [1.165, 1.54) is 6.92 Å². The molecular weight excluding hydrogens is 1010 g/mol. The Bertz CT molecular complexity index is 1650. The van der Waals surface area contributed by atoms with Crippen LogP contribution in [0.25, 0.3) is 0 Å². The molecule has 6 fully saturated rings. The fourth-order valence-electron chi connectivity index (χ4n) is 8.73. The number of hydrogen-bond acceptors (Lipinski definition) is 33. The quantitative estimate of drug-likeness (QED) is 0.0538. The van der Waals surface area contributed by atoms with Gasteiger partial charge in [0.25, 0.3) is 0 Å². The molecule has 0 saturated carbocycles. The Labute approximate surface area is 413 Å². The minimum absolute atomic E-state index is 0.488. The Morgan fingerprint density at radius 2 is 0.863 bits per heavy atom. The molecule has 0 bridgehead atoms. The van der Waals surface area contributed by atoms with Gasteiger partial charge in [0.05, 0.1) is 52.4 Å². The molecule has 6 heterocycles. The Kier molecular flexibility index (Phi) is 22.2. The number of ether oxygens (including phenoxy) is 12. The minimum Gasteiger partial charge on any atom is -0.394 e. The van der Waals surface area contributed by atoms with Gasteiger partial charge in [-0.3, -0.25) is 0 Å². The fourth-order valence-corrected chi connectivity index (χ4v) is 8.73. The number of aliphatic hydroxyl groups is 21. The summed E-state index contributed by atoms with van der Waals surface area (Å²) in [5.74, 6) is 0. The predicted octanol–water partition coefficient (Wildman–Crippen LogP) is -14.3. The van der Waals surface area contributed by atoms with Gasteiger partial charge in [-0.05, 0) is 6.92 Å². The number of aliphatic hydroxyl groups excluding tert-OH is 21. The largest absolute Gasteiger partial charge is 0.394 e. The molecule has 0 radical (unpaired) electrons. The molecule has 6 aliphatic rings. The molecule has 6 rings (SSSR count). The van der Waals surface area contributed by atoms with Crippen molar-refractivity contribution in [2.75, 3.05) is 46.2 Å². The van der Waals surface area contributed by atoms with Crippen LogP contribution in [0.15, 0.2) is 0 Å². The van der Waals surface area contributed by atoms with Crippen LogP contribution in [-0.2, 0) is 56.8 Å². The third-order valence-electron chi connectivity index (χ3n) is 13.3. The summed E-state index contributed by atoms with van der Waals surface area (Å²) in [5, 5.41) is 222. The van der Waals surface area contributed by atoms with Gasteiger partial charge in [0.15, 0.2) is 37.7 Å². The van der Waals surface area contributed by atoms with Crippen molar-refractivity contribution >= 4 is 0 Å². The highest BCUT2D eigenvalue weighted by atomic mass is 16.8. The molecule has 6 aliphatic heterocycles. The van der Waals surface area contributed by atoms with Crippen molar-refractivity contribution in [2.45, 2.75) is 203 Å². The van der Waals surface area contributed by atoms with E-state index in [0.29, 0.717) is 0 Å². The average molecular weight is 1080 g/mol. The fraction of sp³-hybridized carbons (Fsp3) is 1.00. The molecule has 0 amide bonds. The van der Waals surface area contributed by atoms with Crippen molar-refractivity contribution in [1.82, 2.24) is 0 Å². The van der Waals surface area contributed by atoms with E-state index in [-0.39, 0.29) is 0 Å². The molecule has 32 atom stereocenters. The Morgan fingerprint density at radius 3 is 1.49 bits per heavy atom. The first kappa shape index (κ1) is 60.9. The van der Waals surface area contributed by atoms with Crippen LogP contribution in [0.4, 0.5) is 0 Å². The van der Waals surface area contributed by atoms with Crippen LogP contribution in [0.5, 0.6) is 0 Å².